The molecule has 0 spiro atoms. The summed E-state index contributed by atoms with van der Waals surface area (Å²) in [5.74, 6) is 0.233. The Hall–Kier alpha value is -3.06. The fourth-order valence-electron chi connectivity index (χ4n) is 3.51. The third kappa shape index (κ3) is 3.21. The molecule has 2 heterocycles. The Bertz CT molecular complexity index is 883. The van der Waals surface area contributed by atoms with E-state index in [0.29, 0.717) is 29.4 Å². The number of amides is 2. The molecule has 140 valence electrons. The first-order valence-corrected chi connectivity index (χ1v) is 8.75. The van der Waals surface area contributed by atoms with Gasteiger partial charge in [0.05, 0.1) is 24.5 Å². The Morgan fingerprint density at radius 2 is 1.96 bits per heavy atom. The highest BCUT2D eigenvalue weighted by molar-refractivity contribution is 6.10. The minimum Gasteiger partial charge on any atom is -0.493 e. The first-order valence-electron chi connectivity index (χ1n) is 8.75. The summed E-state index contributed by atoms with van der Waals surface area (Å²) in [6, 6.07) is 12.2. The van der Waals surface area contributed by atoms with Crippen LogP contribution >= 0.6 is 0 Å². The van der Waals surface area contributed by atoms with Crippen LogP contribution in [0.3, 0.4) is 0 Å². The van der Waals surface area contributed by atoms with Crippen molar-refractivity contribution in [3.05, 3.63) is 53.6 Å². The van der Waals surface area contributed by atoms with Gasteiger partial charge in [0.15, 0.2) is 11.5 Å². The largest absolute Gasteiger partial charge is 0.493 e. The first kappa shape index (κ1) is 17.4. The molecule has 27 heavy (non-hydrogen) atoms. The summed E-state index contributed by atoms with van der Waals surface area (Å²) in [5.41, 5.74) is 1.70. The van der Waals surface area contributed by atoms with Gasteiger partial charge in [-0.15, -0.1) is 0 Å². The van der Waals surface area contributed by atoms with Crippen molar-refractivity contribution >= 4 is 17.5 Å². The molecule has 1 fully saturated rings. The van der Waals surface area contributed by atoms with E-state index < -0.39 is 12.1 Å². The molecule has 0 unspecified atom stereocenters. The average molecular weight is 368 g/mol. The zero-order valence-corrected chi connectivity index (χ0v) is 14.8. The number of nitrogens with zero attached hydrogens (tertiary/aromatic N) is 1. The second-order valence-corrected chi connectivity index (χ2v) is 6.68. The third-order valence-electron chi connectivity index (χ3n) is 4.87. The van der Waals surface area contributed by atoms with E-state index in [4.69, 9.17) is 9.47 Å². The number of nitrogens with one attached hydrogen (secondary N) is 1. The van der Waals surface area contributed by atoms with E-state index in [2.05, 4.69) is 5.32 Å². The zero-order valence-electron chi connectivity index (χ0n) is 14.8. The lowest BCUT2D eigenvalue weighted by Gasteiger charge is -2.20. The Kier molecular flexibility index (Phi) is 4.45. The molecule has 0 radical (unpaired) electrons. The molecule has 0 saturated carbocycles. The van der Waals surface area contributed by atoms with Crippen molar-refractivity contribution in [3.63, 3.8) is 0 Å². The number of carbonyl (C=O) groups is 2. The Balaban J connectivity index is 1.66. The van der Waals surface area contributed by atoms with Crippen LogP contribution in [0.25, 0.3) is 0 Å². The molecular weight excluding hydrogens is 348 g/mol. The minimum atomic E-state index is -0.693. The molecule has 1 saturated heterocycles. The highest BCUT2D eigenvalue weighted by Crippen LogP contribution is 2.37. The van der Waals surface area contributed by atoms with E-state index in [9.17, 15) is 14.7 Å². The van der Waals surface area contributed by atoms with Crippen LogP contribution in [-0.4, -0.2) is 47.6 Å². The molecule has 2 aliphatic heterocycles. The molecule has 4 rings (SSSR count). The minimum absolute atomic E-state index is 0.144. The number of aliphatic hydroxyl groups is 1. The maximum atomic E-state index is 12.9. The van der Waals surface area contributed by atoms with Crippen LogP contribution in [0.4, 0.5) is 5.69 Å². The van der Waals surface area contributed by atoms with E-state index in [0.717, 1.165) is 5.56 Å². The van der Waals surface area contributed by atoms with Crippen LogP contribution in [0.2, 0.25) is 0 Å². The molecule has 2 aromatic carbocycles. The number of anilines is 1. The fraction of sp³-hybridized carbons (Fsp3) is 0.300. The number of hydrogen-bond donors (Lipinski definition) is 2. The van der Waals surface area contributed by atoms with Crippen molar-refractivity contribution in [1.29, 1.82) is 0 Å². The number of rotatable bonds is 4. The number of ether oxygens (including phenoxy) is 2. The van der Waals surface area contributed by atoms with Gasteiger partial charge in [0.1, 0.15) is 12.6 Å². The van der Waals surface area contributed by atoms with Gasteiger partial charge in [-0.25, -0.2) is 0 Å². The lowest BCUT2D eigenvalue weighted by Crippen LogP contribution is -2.40. The van der Waals surface area contributed by atoms with E-state index in [1.54, 1.807) is 12.1 Å². The molecule has 2 N–H and O–H groups in total. The van der Waals surface area contributed by atoms with Crippen molar-refractivity contribution in [2.75, 3.05) is 19.0 Å². The summed E-state index contributed by atoms with van der Waals surface area (Å²) >= 11 is 0. The number of hydrogen-bond acceptors (Lipinski definition) is 5. The maximum Gasteiger partial charge on any atom is 0.256 e. The number of aliphatic hydroxyl groups excluding tert-OH is 1. The van der Waals surface area contributed by atoms with Crippen LogP contribution < -0.4 is 14.8 Å². The molecule has 7 nitrogen and oxygen atoms in total. The summed E-state index contributed by atoms with van der Waals surface area (Å²) in [6.45, 7) is 0.476. The van der Waals surface area contributed by atoms with Gasteiger partial charge in [-0.3, -0.25) is 9.59 Å². The predicted octanol–water partition coefficient (Wildman–Crippen LogP) is 1.80. The lowest BCUT2D eigenvalue weighted by molar-refractivity contribution is -0.119. The average Bonchev–Trinajstić information content (AvgIpc) is 3.05. The smallest absolute Gasteiger partial charge is 0.256 e. The first-order chi connectivity index (χ1) is 13.1. The van der Waals surface area contributed by atoms with Crippen LogP contribution in [0.5, 0.6) is 11.5 Å². The molecule has 0 bridgehead atoms. The van der Waals surface area contributed by atoms with Gasteiger partial charge in [0.25, 0.3) is 5.91 Å². The van der Waals surface area contributed by atoms with E-state index in [-0.39, 0.29) is 24.8 Å². The Labute approximate surface area is 156 Å². The van der Waals surface area contributed by atoms with Crippen LogP contribution in [0, 0.1) is 0 Å². The summed E-state index contributed by atoms with van der Waals surface area (Å²) in [4.78, 5) is 26.8. The second-order valence-electron chi connectivity index (χ2n) is 6.68. The van der Waals surface area contributed by atoms with Gasteiger partial charge < -0.3 is 24.8 Å². The SMILES string of the molecule is COc1cc2c(cc1OCc1ccccc1)NC(=O)[C@@H]1C[C@H](O)CN1C2=O. The van der Waals surface area contributed by atoms with Gasteiger partial charge in [-0.2, -0.15) is 0 Å². The molecule has 2 atom stereocenters. The predicted molar refractivity (Wildman–Crippen MR) is 97.8 cm³/mol. The van der Waals surface area contributed by atoms with Crippen molar-refractivity contribution in [2.24, 2.45) is 0 Å². The molecule has 2 aliphatic rings. The number of methoxy groups -OCH3 is 1. The fourth-order valence-corrected chi connectivity index (χ4v) is 3.51. The lowest BCUT2D eigenvalue weighted by atomic mass is 10.1. The van der Waals surface area contributed by atoms with Gasteiger partial charge in [0, 0.05) is 19.0 Å². The van der Waals surface area contributed by atoms with Gasteiger partial charge in [0.2, 0.25) is 5.91 Å². The third-order valence-corrected chi connectivity index (χ3v) is 4.87. The molecule has 2 amide bonds. The highest BCUT2D eigenvalue weighted by atomic mass is 16.5. The normalized spacial score (nSPS) is 21.2. The number of benzene rings is 2. The summed E-state index contributed by atoms with van der Waals surface area (Å²) in [5, 5.41) is 12.6. The van der Waals surface area contributed by atoms with Gasteiger partial charge in [-0.1, -0.05) is 30.3 Å². The van der Waals surface area contributed by atoms with Crippen LogP contribution in [0.1, 0.15) is 22.3 Å². The monoisotopic (exact) mass is 368 g/mol. The van der Waals surface area contributed by atoms with E-state index in [1.165, 1.54) is 12.0 Å². The molecular formula is C20H20N2O5. The van der Waals surface area contributed by atoms with Crippen LogP contribution in [0.15, 0.2) is 42.5 Å². The number of carbonyl (C=O) groups excluding carboxylic acids is 2. The Morgan fingerprint density at radius 1 is 1.19 bits per heavy atom. The Morgan fingerprint density at radius 3 is 2.70 bits per heavy atom. The molecule has 0 aliphatic carbocycles. The summed E-state index contributed by atoms with van der Waals surface area (Å²) in [7, 11) is 1.50. The van der Waals surface area contributed by atoms with E-state index >= 15 is 0 Å². The standard InChI is InChI=1S/C20H20N2O5/c1-26-17-8-14-15(9-18(17)27-11-12-5-3-2-4-6-12)21-19(24)16-7-13(23)10-22(16)20(14)25/h2-6,8-9,13,16,23H,7,10-11H2,1H3,(H,21,24)/t13-,16-/m0/s1. The maximum absolute atomic E-state index is 12.9. The summed E-state index contributed by atoms with van der Waals surface area (Å²) < 4.78 is 11.3. The van der Waals surface area contributed by atoms with Gasteiger partial charge >= 0.3 is 0 Å². The molecule has 7 heteroatoms. The van der Waals surface area contributed by atoms with Crippen molar-refractivity contribution in [2.45, 2.75) is 25.2 Å². The zero-order chi connectivity index (χ0) is 19.0. The number of fused-ring (bicyclic) bond motifs is 2. The van der Waals surface area contributed by atoms with E-state index in [1.807, 2.05) is 30.3 Å². The highest BCUT2D eigenvalue weighted by Gasteiger charge is 2.42. The van der Waals surface area contributed by atoms with Crippen molar-refractivity contribution in [1.82, 2.24) is 4.90 Å². The summed E-state index contributed by atoms with van der Waals surface area (Å²) in [6.07, 6.45) is -0.457. The quantitative estimate of drug-likeness (QED) is 0.859. The van der Waals surface area contributed by atoms with Crippen molar-refractivity contribution < 1.29 is 24.2 Å². The molecule has 2 aromatic rings. The topological polar surface area (TPSA) is 88.1 Å². The van der Waals surface area contributed by atoms with Crippen LogP contribution in [-0.2, 0) is 11.4 Å². The molecule has 0 aromatic heterocycles. The van der Waals surface area contributed by atoms with Crippen molar-refractivity contribution in [3.8, 4) is 11.5 Å². The van der Waals surface area contributed by atoms with Gasteiger partial charge in [-0.05, 0) is 11.6 Å². The second kappa shape index (κ2) is 6.92.